The van der Waals surface area contributed by atoms with Crippen LogP contribution < -0.4 is 5.32 Å². The van der Waals surface area contributed by atoms with E-state index in [2.05, 4.69) is 5.32 Å². The fourth-order valence-corrected chi connectivity index (χ4v) is 3.79. The number of nitrogens with one attached hydrogen (secondary N) is 1. The maximum atomic E-state index is 12.2. The quantitative estimate of drug-likeness (QED) is 0.892. The van der Waals surface area contributed by atoms with Crippen molar-refractivity contribution in [3.05, 3.63) is 35.9 Å². The van der Waals surface area contributed by atoms with Crippen molar-refractivity contribution in [2.45, 2.75) is 31.7 Å². The molecule has 0 aliphatic carbocycles. The summed E-state index contributed by atoms with van der Waals surface area (Å²) in [6.07, 6.45) is 2.49. The summed E-state index contributed by atoms with van der Waals surface area (Å²) in [5.41, 5.74) is 1.16. The molecule has 0 spiro atoms. The van der Waals surface area contributed by atoms with Gasteiger partial charge in [0.15, 0.2) is 0 Å². The number of nitrogens with zero attached hydrogens (tertiary/aromatic N) is 1. The molecule has 0 radical (unpaired) electrons. The van der Waals surface area contributed by atoms with Crippen LogP contribution in [0.15, 0.2) is 30.3 Å². The minimum Gasteiger partial charge on any atom is -0.354 e. The van der Waals surface area contributed by atoms with E-state index in [9.17, 15) is 13.2 Å². The summed E-state index contributed by atoms with van der Waals surface area (Å²) in [7, 11) is -3.31. The largest absolute Gasteiger partial charge is 0.354 e. The average Bonchev–Trinajstić information content (AvgIpc) is 2.95. The predicted octanol–water partition coefficient (Wildman–Crippen LogP) is 1.33. The first kappa shape index (κ1) is 16.0. The Morgan fingerprint density at radius 1 is 1.38 bits per heavy atom. The van der Waals surface area contributed by atoms with Crippen molar-refractivity contribution in [1.82, 2.24) is 9.62 Å². The average molecular weight is 310 g/mol. The molecule has 2 rings (SSSR count). The maximum Gasteiger partial charge on any atom is 0.238 e. The normalized spacial score (nSPS) is 21.1. The summed E-state index contributed by atoms with van der Waals surface area (Å²) in [4.78, 5) is 12.2. The fourth-order valence-electron chi connectivity index (χ4n) is 2.67. The van der Waals surface area contributed by atoms with E-state index in [0.29, 0.717) is 19.5 Å². The van der Waals surface area contributed by atoms with E-state index in [4.69, 9.17) is 0 Å². The Labute approximate surface area is 126 Å². The fraction of sp³-hybridized carbons (Fsp3) is 0.533. The zero-order chi connectivity index (χ0) is 15.5. The highest BCUT2D eigenvalue weighted by molar-refractivity contribution is 7.88. The molecule has 1 N–H and O–H groups in total. The summed E-state index contributed by atoms with van der Waals surface area (Å²) >= 11 is 0. The Balaban J connectivity index is 1.93. The van der Waals surface area contributed by atoms with Crippen LogP contribution >= 0.6 is 0 Å². The third-order valence-electron chi connectivity index (χ3n) is 3.88. The molecule has 0 aromatic heterocycles. The van der Waals surface area contributed by atoms with E-state index in [1.165, 1.54) is 4.31 Å². The lowest BCUT2D eigenvalue weighted by molar-refractivity contribution is -0.124. The van der Waals surface area contributed by atoms with Crippen LogP contribution in [-0.2, 0) is 14.8 Å². The number of rotatable bonds is 5. The monoisotopic (exact) mass is 310 g/mol. The number of sulfonamides is 1. The highest BCUT2D eigenvalue weighted by atomic mass is 32.2. The Kier molecular flexibility index (Phi) is 5.00. The molecule has 1 aromatic rings. The lowest BCUT2D eigenvalue weighted by Gasteiger charge is -2.22. The predicted molar refractivity (Wildman–Crippen MR) is 82.4 cm³/mol. The van der Waals surface area contributed by atoms with Crippen molar-refractivity contribution in [2.24, 2.45) is 0 Å². The first-order valence-corrected chi connectivity index (χ1v) is 9.04. The topological polar surface area (TPSA) is 66.5 Å². The Hall–Kier alpha value is -1.40. The van der Waals surface area contributed by atoms with Gasteiger partial charge in [-0.2, -0.15) is 4.31 Å². The van der Waals surface area contributed by atoms with E-state index in [1.54, 1.807) is 0 Å². The van der Waals surface area contributed by atoms with Crippen LogP contribution in [0.25, 0.3) is 0 Å². The smallest absolute Gasteiger partial charge is 0.238 e. The highest BCUT2D eigenvalue weighted by Gasteiger charge is 2.36. The van der Waals surface area contributed by atoms with E-state index in [-0.39, 0.29) is 11.8 Å². The van der Waals surface area contributed by atoms with Gasteiger partial charge in [-0.1, -0.05) is 37.3 Å². The summed E-state index contributed by atoms with van der Waals surface area (Å²) in [5, 5.41) is 2.88. The molecule has 1 aliphatic rings. The van der Waals surface area contributed by atoms with E-state index in [1.807, 2.05) is 37.3 Å². The molecule has 0 unspecified atom stereocenters. The van der Waals surface area contributed by atoms with Gasteiger partial charge in [-0.05, 0) is 24.3 Å². The van der Waals surface area contributed by atoms with Crippen molar-refractivity contribution in [3.8, 4) is 0 Å². The lowest BCUT2D eigenvalue weighted by atomic mass is 10.0. The van der Waals surface area contributed by atoms with Crippen molar-refractivity contribution in [1.29, 1.82) is 0 Å². The van der Waals surface area contributed by atoms with E-state index in [0.717, 1.165) is 18.2 Å². The summed E-state index contributed by atoms with van der Waals surface area (Å²) in [6, 6.07) is 9.39. The highest BCUT2D eigenvalue weighted by Crippen LogP contribution is 2.21. The lowest BCUT2D eigenvalue weighted by Crippen LogP contribution is -2.46. The second-order valence-corrected chi connectivity index (χ2v) is 7.52. The maximum absolute atomic E-state index is 12.2. The first-order chi connectivity index (χ1) is 9.89. The van der Waals surface area contributed by atoms with Crippen LogP contribution in [0.1, 0.15) is 31.2 Å². The molecule has 5 nitrogen and oxygen atoms in total. The molecule has 1 aromatic carbocycles. The van der Waals surface area contributed by atoms with Crippen molar-refractivity contribution >= 4 is 15.9 Å². The standard InChI is InChI=1S/C15H22N2O3S/c1-12(13-7-4-3-5-8-13)11-16-15(18)14-9-6-10-17(14)21(2,19)20/h3-5,7-8,12,14H,6,9-11H2,1-2H3,(H,16,18)/t12-,14-/m0/s1. The molecular weight excluding hydrogens is 288 g/mol. The number of amides is 1. The Bertz CT molecular complexity index is 586. The first-order valence-electron chi connectivity index (χ1n) is 7.19. The van der Waals surface area contributed by atoms with Gasteiger partial charge in [0, 0.05) is 13.1 Å². The van der Waals surface area contributed by atoms with Gasteiger partial charge >= 0.3 is 0 Å². The molecule has 116 valence electrons. The minimum absolute atomic E-state index is 0.194. The molecule has 0 bridgehead atoms. The van der Waals surface area contributed by atoms with Crippen molar-refractivity contribution in [2.75, 3.05) is 19.3 Å². The van der Waals surface area contributed by atoms with Crippen molar-refractivity contribution < 1.29 is 13.2 Å². The minimum atomic E-state index is -3.31. The van der Waals surface area contributed by atoms with Gasteiger partial charge < -0.3 is 5.32 Å². The van der Waals surface area contributed by atoms with Crippen LogP contribution in [0, 0.1) is 0 Å². The van der Waals surface area contributed by atoms with Crippen molar-refractivity contribution in [3.63, 3.8) is 0 Å². The molecule has 1 fully saturated rings. The molecular formula is C15H22N2O3S. The molecule has 1 saturated heterocycles. The third-order valence-corrected chi connectivity index (χ3v) is 5.17. The van der Waals surface area contributed by atoms with Crippen LogP contribution in [-0.4, -0.2) is 44.0 Å². The summed E-state index contributed by atoms with van der Waals surface area (Å²) in [5.74, 6) is 0.00365. The second-order valence-electron chi connectivity index (χ2n) is 5.59. The number of benzene rings is 1. The number of carbonyl (C=O) groups is 1. The second kappa shape index (κ2) is 6.58. The molecule has 21 heavy (non-hydrogen) atoms. The van der Waals surface area contributed by atoms with Gasteiger partial charge in [0.25, 0.3) is 0 Å². The third kappa shape index (κ3) is 4.04. The van der Waals surface area contributed by atoms with Crippen LogP contribution in [0.5, 0.6) is 0 Å². The van der Waals surface area contributed by atoms with Crippen LogP contribution in [0.2, 0.25) is 0 Å². The zero-order valence-corrected chi connectivity index (χ0v) is 13.3. The SMILES string of the molecule is C[C@@H](CNC(=O)[C@@H]1CCCN1S(C)(=O)=O)c1ccccc1. The molecule has 1 heterocycles. The van der Waals surface area contributed by atoms with Gasteiger partial charge in [-0.3, -0.25) is 4.79 Å². The van der Waals surface area contributed by atoms with E-state index >= 15 is 0 Å². The molecule has 6 heteroatoms. The Morgan fingerprint density at radius 2 is 2.05 bits per heavy atom. The van der Waals surface area contributed by atoms with Gasteiger partial charge in [-0.15, -0.1) is 0 Å². The van der Waals surface area contributed by atoms with Gasteiger partial charge in [0.2, 0.25) is 15.9 Å². The van der Waals surface area contributed by atoms with Gasteiger partial charge in [-0.25, -0.2) is 8.42 Å². The number of hydrogen-bond acceptors (Lipinski definition) is 3. The van der Waals surface area contributed by atoms with Crippen LogP contribution in [0.3, 0.4) is 0 Å². The summed E-state index contributed by atoms with van der Waals surface area (Å²) in [6.45, 7) is 2.99. The van der Waals surface area contributed by atoms with Gasteiger partial charge in [0.1, 0.15) is 6.04 Å². The molecule has 1 amide bonds. The van der Waals surface area contributed by atoms with Crippen LogP contribution in [0.4, 0.5) is 0 Å². The Morgan fingerprint density at radius 3 is 2.67 bits per heavy atom. The molecule has 1 aliphatic heterocycles. The number of hydrogen-bond donors (Lipinski definition) is 1. The zero-order valence-electron chi connectivity index (χ0n) is 12.5. The molecule has 2 atom stereocenters. The summed E-state index contributed by atoms with van der Waals surface area (Å²) < 4.78 is 24.6. The van der Waals surface area contributed by atoms with E-state index < -0.39 is 16.1 Å². The number of carbonyl (C=O) groups excluding carboxylic acids is 1. The molecule has 0 saturated carbocycles. The van der Waals surface area contributed by atoms with Gasteiger partial charge in [0.05, 0.1) is 6.26 Å².